The monoisotopic (exact) mass is 322 g/mol. The van der Waals surface area contributed by atoms with Gasteiger partial charge in [-0.3, -0.25) is 9.59 Å². The zero-order valence-corrected chi connectivity index (χ0v) is 12.8. The van der Waals surface area contributed by atoms with Crippen LogP contribution in [-0.2, 0) is 4.79 Å². The van der Waals surface area contributed by atoms with Crippen molar-refractivity contribution < 1.29 is 14.7 Å². The van der Waals surface area contributed by atoms with Crippen LogP contribution >= 0.6 is 11.6 Å². The van der Waals surface area contributed by atoms with E-state index in [1.165, 1.54) is 4.68 Å². The maximum Gasteiger partial charge on any atom is 0.322 e. The number of aromatic nitrogens is 3. The molecule has 0 spiro atoms. The zero-order valence-electron chi connectivity index (χ0n) is 12.1. The number of benzene rings is 1. The number of carbonyl (C=O) groups excluding carboxylic acids is 1. The summed E-state index contributed by atoms with van der Waals surface area (Å²) < 4.78 is 1.50. The molecule has 0 unspecified atom stereocenters. The number of aliphatic carboxylic acids is 1. The highest BCUT2D eigenvalue weighted by Crippen LogP contribution is 2.23. The highest BCUT2D eigenvalue weighted by atomic mass is 35.5. The van der Waals surface area contributed by atoms with Gasteiger partial charge in [0.15, 0.2) is 0 Å². The molecule has 1 aromatic heterocycles. The Bertz CT molecular complexity index is 712. The van der Waals surface area contributed by atoms with Gasteiger partial charge < -0.3 is 10.4 Å². The Labute approximate surface area is 131 Å². The molecule has 22 heavy (non-hydrogen) atoms. The van der Waals surface area contributed by atoms with Crippen LogP contribution in [0.25, 0.3) is 5.69 Å². The number of halogens is 1. The number of nitrogens with one attached hydrogen (secondary N) is 1. The predicted molar refractivity (Wildman–Crippen MR) is 80.4 cm³/mol. The van der Waals surface area contributed by atoms with Gasteiger partial charge in [-0.2, -0.15) is 0 Å². The first-order valence-corrected chi connectivity index (χ1v) is 6.99. The second-order valence-corrected chi connectivity index (χ2v) is 5.30. The minimum Gasteiger partial charge on any atom is -0.480 e. The Morgan fingerprint density at radius 2 is 2.05 bits per heavy atom. The third kappa shape index (κ3) is 3.43. The van der Waals surface area contributed by atoms with Crippen molar-refractivity contribution in [3.8, 4) is 5.69 Å². The zero-order chi connectivity index (χ0) is 16.3. The summed E-state index contributed by atoms with van der Waals surface area (Å²) >= 11 is 6.16. The average molecular weight is 323 g/mol. The van der Waals surface area contributed by atoms with Gasteiger partial charge >= 0.3 is 5.97 Å². The lowest BCUT2D eigenvalue weighted by atomic mass is 10.2. The third-order valence-electron chi connectivity index (χ3n) is 2.83. The van der Waals surface area contributed by atoms with Gasteiger partial charge in [-0.25, -0.2) is 9.67 Å². The van der Waals surface area contributed by atoms with Crippen molar-refractivity contribution >= 4 is 23.5 Å². The molecule has 1 heterocycles. The molecule has 7 nitrogen and oxygen atoms in total. The number of hydrogen-bond donors (Lipinski definition) is 2. The lowest BCUT2D eigenvalue weighted by Gasteiger charge is -2.09. The molecule has 1 amide bonds. The van der Waals surface area contributed by atoms with Crippen LogP contribution in [0.2, 0.25) is 5.02 Å². The van der Waals surface area contributed by atoms with Gasteiger partial charge in [-0.15, -0.1) is 5.10 Å². The van der Waals surface area contributed by atoms with Crippen LogP contribution in [0, 0.1) is 0 Å². The van der Waals surface area contributed by atoms with Gasteiger partial charge in [0.05, 0.1) is 10.7 Å². The molecule has 116 valence electrons. The van der Waals surface area contributed by atoms with Crippen LogP contribution in [0.4, 0.5) is 0 Å². The van der Waals surface area contributed by atoms with Gasteiger partial charge in [0.2, 0.25) is 5.82 Å². The first kappa shape index (κ1) is 16.0. The molecule has 0 radical (unpaired) electrons. The van der Waals surface area contributed by atoms with Crippen molar-refractivity contribution in [3.05, 3.63) is 40.9 Å². The van der Waals surface area contributed by atoms with E-state index in [9.17, 15) is 9.59 Å². The van der Waals surface area contributed by atoms with Crippen molar-refractivity contribution in [1.29, 1.82) is 0 Å². The molecular weight excluding hydrogens is 308 g/mol. The van der Waals surface area contributed by atoms with Crippen LogP contribution in [0.5, 0.6) is 0 Å². The number of carboxylic acid groups (broad SMARTS) is 1. The lowest BCUT2D eigenvalue weighted by molar-refractivity contribution is -0.135. The molecule has 0 fully saturated rings. The van der Waals surface area contributed by atoms with Crippen LogP contribution in [0.1, 0.15) is 36.2 Å². The van der Waals surface area contributed by atoms with Gasteiger partial charge in [0.25, 0.3) is 5.91 Å². The summed E-state index contributed by atoms with van der Waals surface area (Å²) in [5, 5.41) is 15.5. The second-order valence-electron chi connectivity index (χ2n) is 4.89. The SMILES string of the molecule is CC(C)c1nc(C(=O)NCC(=O)O)nn1-c1ccccc1Cl. The van der Waals surface area contributed by atoms with E-state index < -0.39 is 18.4 Å². The molecule has 8 heteroatoms. The van der Waals surface area contributed by atoms with E-state index in [1.807, 2.05) is 13.8 Å². The number of para-hydroxylation sites is 1. The van der Waals surface area contributed by atoms with Gasteiger partial charge in [0, 0.05) is 5.92 Å². The molecule has 0 aliphatic rings. The van der Waals surface area contributed by atoms with Gasteiger partial charge in [-0.05, 0) is 12.1 Å². The van der Waals surface area contributed by atoms with E-state index in [-0.39, 0.29) is 11.7 Å². The minimum absolute atomic E-state index is 0.00444. The number of rotatable bonds is 5. The highest BCUT2D eigenvalue weighted by molar-refractivity contribution is 6.32. The van der Waals surface area contributed by atoms with Crippen molar-refractivity contribution in [3.63, 3.8) is 0 Å². The quantitative estimate of drug-likeness (QED) is 0.875. The normalized spacial score (nSPS) is 10.7. The first-order chi connectivity index (χ1) is 10.4. The fourth-order valence-corrected chi connectivity index (χ4v) is 2.05. The summed E-state index contributed by atoms with van der Waals surface area (Å²) in [5.41, 5.74) is 0.609. The largest absolute Gasteiger partial charge is 0.480 e. The Balaban J connectivity index is 2.40. The number of nitrogens with zero attached hydrogens (tertiary/aromatic N) is 3. The summed E-state index contributed by atoms with van der Waals surface area (Å²) in [6, 6.07) is 7.07. The Hall–Kier alpha value is -2.41. The summed E-state index contributed by atoms with van der Waals surface area (Å²) in [5.74, 6) is -1.30. The van der Waals surface area contributed by atoms with E-state index in [0.29, 0.717) is 16.5 Å². The molecule has 2 aromatic rings. The van der Waals surface area contributed by atoms with E-state index in [1.54, 1.807) is 24.3 Å². The van der Waals surface area contributed by atoms with Crippen LogP contribution in [-0.4, -0.2) is 38.3 Å². The molecule has 2 rings (SSSR count). The third-order valence-corrected chi connectivity index (χ3v) is 3.15. The summed E-state index contributed by atoms with van der Waals surface area (Å²) in [7, 11) is 0. The molecule has 0 saturated heterocycles. The number of carboxylic acids is 1. The Morgan fingerprint density at radius 1 is 1.36 bits per heavy atom. The van der Waals surface area contributed by atoms with E-state index in [4.69, 9.17) is 16.7 Å². The molecule has 0 saturated carbocycles. The summed E-state index contributed by atoms with van der Waals surface area (Å²) in [6.07, 6.45) is 0. The number of amides is 1. The second kappa shape index (κ2) is 6.57. The Kier molecular flexibility index (Phi) is 4.77. The molecule has 0 aliphatic carbocycles. The van der Waals surface area contributed by atoms with Crippen molar-refractivity contribution in [2.24, 2.45) is 0 Å². The molecule has 2 N–H and O–H groups in total. The molecule has 0 aliphatic heterocycles. The van der Waals surface area contributed by atoms with Crippen LogP contribution < -0.4 is 5.32 Å². The lowest BCUT2D eigenvalue weighted by Crippen LogP contribution is -2.30. The fourth-order valence-electron chi connectivity index (χ4n) is 1.83. The Morgan fingerprint density at radius 3 is 2.64 bits per heavy atom. The van der Waals surface area contributed by atoms with Gasteiger partial charge in [0.1, 0.15) is 12.4 Å². The van der Waals surface area contributed by atoms with Crippen molar-refractivity contribution in [2.45, 2.75) is 19.8 Å². The first-order valence-electron chi connectivity index (χ1n) is 6.62. The summed E-state index contributed by atoms with van der Waals surface area (Å²) in [6.45, 7) is 3.34. The number of hydrogen-bond acceptors (Lipinski definition) is 4. The number of carbonyl (C=O) groups is 2. The van der Waals surface area contributed by atoms with E-state index in [2.05, 4.69) is 15.4 Å². The summed E-state index contributed by atoms with van der Waals surface area (Å²) in [4.78, 5) is 26.6. The van der Waals surface area contributed by atoms with Crippen LogP contribution in [0.15, 0.2) is 24.3 Å². The van der Waals surface area contributed by atoms with E-state index >= 15 is 0 Å². The van der Waals surface area contributed by atoms with Crippen molar-refractivity contribution in [2.75, 3.05) is 6.54 Å². The maximum atomic E-state index is 11.9. The maximum absolute atomic E-state index is 11.9. The highest BCUT2D eigenvalue weighted by Gasteiger charge is 2.20. The smallest absolute Gasteiger partial charge is 0.322 e. The predicted octanol–water partition coefficient (Wildman–Crippen LogP) is 1.86. The molecule has 0 atom stereocenters. The fraction of sp³-hybridized carbons (Fsp3) is 0.286. The van der Waals surface area contributed by atoms with Crippen LogP contribution in [0.3, 0.4) is 0 Å². The standard InChI is InChI=1S/C14H15ClN4O3/c1-8(2)13-17-12(14(22)16-7-11(20)21)18-19(13)10-6-4-3-5-9(10)15/h3-6,8H,7H2,1-2H3,(H,16,22)(H,20,21). The van der Waals surface area contributed by atoms with E-state index in [0.717, 1.165) is 0 Å². The molecule has 0 bridgehead atoms. The molecule has 1 aromatic carbocycles. The van der Waals surface area contributed by atoms with Crippen molar-refractivity contribution in [1.82, 2.24) is 20.1 Å². The van der Waals surface area contributed by atoms with Gasteiger partial charge in [-0.1, -0.05) is 37.6 Å². The molecular formula is C14H15ClN4O3. The minimum atomic E-state index is -1.14. The average Bonchev–Trinajstić information content (AvgIpc) is 2.90. The topological polar surface area (TPSA) is 97.1 Å².